The van der Waals surface area contributed by atoms with Crippen LogP contribution in [0.15, 0.2) is 97.1 Å². The minimum atomic E-state index is 1.06. The number of rotatable bonds is 0. The van der Waals surface area contributed by atoms with Gasteiger partial charge in [-0.15, -0.1) is 0 Å². The molecule has 0 fully saturated rings. The van der Waals surface area contributed by atoms with E-state index >= 15 is 0 Å². The zero-order valence-electron chi connectivity index (χ0n) is 14.2. The van der Waals surface area contributed by atoms with Gasteiger partial charge in [0.2, 0.25) is 0 Å². The standard InChI is InChI=1S/C26H16/c1-2-8-20-16-19(17-21(20)9-3-1)14-15-26-24-12-6-4-10-22(24)18-23-11-5-7-13-25(23)26/h1-13,16-18H. The van der Waals surface area contributed by atoms with Crippen LogP contribution in [0.1, 0.15) is 11.1 Å². The maximum atomic E-state index is 3.47. The molecule has 0 bridgehead atoms. The first-order valence-corrected chi connectivity index (χ1v) is 8.80. The Bertz CT molecular complexity index is 1200. The summed E-state index contributed by atoms with van der Waals surface area (Å²) in [4.78, 5) is 0. The Hall–Kier alpha value is -3.56. The van der Waals surface area contributed by atoms with E-state index < -0.39 is 0 Å². The van der Waals surface area contributed by atoms with Crippen molar-refractivity contribution in [1.29, 1.82) is 0 Å². The van der Waals surface area contributed by atoms with E-state index in [0.29, 0.717) is 0 Å². The van der Waals surface area contributed by atoms with E-state index in [1.165, 1.54) is 32.7 Å². The highest BCUT2D eigenvalue weighted by atomic mass is 14.1. The topological polar surface area (TPSA) is 0 Å². The maximum absolute atomic E-state index is 3.47. The predicted molar refractivity (Wildman–Crippen MR) is 110 cm³/mol. The predicted octanol–water partition coefficient (Wildman–Crippen LogP) is 6.50. The highest BCUT2D eigenvalue weighted by Gasteiger charge is 2.06. The average Bonchev–Trinajstić information content (AvgIpc) is 2.94. The largest absolute Gasteiger partial charge is 0.0622 e. The summed E-state index contributed by atoms with van der Waals surface area (Å²) in [5.74, 6) is 6.86. The summed E-state index contributed by atoms with van der Waals surface area (Å²) in [5.41, 5.74) is 4.61. The second kappa shape index (κ2) is 6.06. The van der Waals surface area contributed by atoms with E-state index in [1.54, 1.807) is 0 Å². The van der Waals surface area contributed by atoms with Crippen molar-refractivity contribution in [2.24, 2.45) is 0 Å². The van der Waals surface area contributed by atoms with Crippen LogP contribution in [0.5, 0.6) is 0 Å². The highest BCUT2D eigenvalue weighted by molar-refractivity contribution is 6.04. The van der Waals surface area contributed by atoms with Crippen molar-refractivity contribution in [3.63, 3.8) is 0 Å². The molecule has 0 heterocycles. The molecule has 5 rings (SSSR count). The maximum Gasteiger partial charge on any atom is 0.0405 e. The molecule has 0 saturated heterocycles. The second-order valence-electron chi connectivity index (χ2n) is 6.51. The fraction of sp³-hybridized carbons (Fsp3) is 0. The molecular formula is C26H16. The lowest BCUT2D eigenvalue weighted by Crippen LogP contribution is -1.84. The smallest absolute Gasteiger partial charge is 0.0405 e. The van der Waals surface area contributed by atoms with E-state index in [0.717, 1.165) is 11.1 Å². The van der Waals surface area contributed by atoms with Gasteiger partial charge in [0, 0.05) is 11.1 Å². The molecule has 0 aliphatic heterocycles. The van der Waals surface area contributed by atoms with Crippen LogP contribution in [0.4, 0.5) is 0 Å². The molecule has 0 radical (unpaired) electrons. The Morgan fingerprint density at radius 2 is 1.00 bits per heavy atom. The van der Waals surface area contributed by atoms with Crippen LogP contribution in [-0.4, -0.2) is 0 Å². The fourth-order valence-corrected chi connectivity index (χ4v) is 3.57. The van der Waals surface area contributed by atoms with Gasteiger partial charge in [-0.2, -0.15) is 0 Å². The van der Waals surface area contributed by atoms with Crippen molar-refractivity contribution < 1.29 is 0 Å². The summed E-state index contributed by atoms with van der Waals surface area (Å²) in [6, 6.07) is 34.0. The van der Waals surface area contributed by atoms with Gasteiger partial charge in [0.25, 0.3) is 0 Å². The molecule has 3 aromatic rings. The Balaban J connectivity index is 1.74. The van der Waals surface area contributed by atoms with Crippen molar-refractivity contribution in [1.82, 2.24) is 0 Å². The molecule has 3 aromatic carbocycles. The normalized spacial score (nSPS) is 10.8. The minimum Gasteiger partial charge on any atom is -0.0622 e. The van der Waals surface area contributed by atoms with Crippen LogP contribution >= 0.6 is 0 Å². The SMILES string of the molecule is C(#Cc1c2ccccc2cc2ccccc12)c1cc2cccccc-2c1. The van der Waals surface area contributed by atoms with Gasteiger partial charge in [-0.1, -0.05) is 90.7 Å². The van der Waals surface area contributed by atoms with Crippen LogP contribution in [0.25, 0.3) is 32.7 Å². The summed E-state index contributed by atoms with van der Waals surface area (Å²) in [7, 11) is 0. The van der Waals surface area contributed by atoms with E-state index in [9.17, 15) is 0 Å². The fourth-order valence-electron chi connectivity index (χ4n) is 3.57. The zero-order valence-corrected chi connectivity index (χ0v) is 14.2. The zero-order chi connectivity index (χ0) is 17.3. The molecule has 0 atom stereocenters. The third kappa shape index (κ3) is 2.51. The molecule has 0 amide bonds. The Morgan fingerprint density at radius 1 is 0.462 bits per heavy atom. The summed E-state index contributed by atoms with van der Waals surface area (Å²) in [6.07, 6.45) is 0. The number of fused-ring (bicyclic) bond motifs is 3. The van der Waals surface area contributed by atoms with Gasteiger partial charge < -0.3 is 0 Å². The van der Waals surface area contributed by atoms with E-state index in [2.05, 4.69) is 103 Å². The lowest BCUT2D eigenvalue weighted by Gasteiger charge is -2.06. The molecule has 0 nitrogen and oxygen atoms in total. The molecule has 0 aromatic heterocycles. The van der Waals surface area contributed by atoms with Crippen molar-refractivity contribution in [3.8, 4) is 23.0 Å². The summed E-state index contributed by atoms with van der Waals surface area (Å²) in [5, 5.41) is 4.88. The van der Waals surface area contributed by atoms with Gasteiger partial charge in [-0.05, 0) is 50.9 Å². The number of benzene rings is 3. The molecule has 26 heavy (non-hydrogen) atoms. The van der Waals surface area contributed by atoms with Gasteiger partial charge in [0.1, 0.15) is 0 Å². The number of hydrogen-bond acceptors (Lipinski definition) is 0. The molecule has 0 heteroatoms. The van der Waals surface area contributed by atoms with E-state index in [-0.39, 0.29) is 0 Å². The molecule has 0 N–H and O–H groups in total. The first kappa shape index (κ1) is 14.8. The lowest BCUT2D eigenvalue weighted by molar-refractivity contribution is 1.73. The average molecular weight is 328 g/mol. The first-order chi connectivity index (χ1) is 12.9. The molecule has 0 spiro atoms. The van der Waals surface area contributed by atoms with Gasteiger partial charge in [-0.3, -0.25) is 0 Å². The minimum absolute atomic E-state index is 1.06. The van der Waals surface area contributed by atoms with Crippen molar-refractivity contribution in [2.45, 2.75) is 0 Å². The first-order valence-electron chi connectivity index (χ1n) is 8.80. The molecule has 120 valence electrons. The monoisotopic (exact) mass is 328 g/mol. The third-order valence-electron chi connectivity index (χ3n) is 4.83. The molecule has 0 unspecified atom stereocenters. The summed E-state index contributed by atoms with van der Waals surface area (Å²) >= 11 is 0. The highest BCUT2D eigenvalue weighted by Crippen LogP contribution is 2.28. The summed E-state index contributed by atoms with van der Waals surface area (Å²) < 4.78 is 0. The molecular weight excluding hydrogens is 312 g/mol. The van der Waals surface area contributed by atoms with Crippen LogP contribution in [0.3, 0.4) is 0 Å². The van der Waals surface area contributed by atoms with Crippen LogP contribution in [0.2, 0.25) is 0 Å². The van der Waals surface area contributed by atoms with Crippen LogP contribution in [-0.2, 0) is 0 Å². The third-order valence-corrected chi connectivity index (χ3v) is 4.83. The molecule has 0 saturated carbocycles. The van der Waals surface area contributed by atoms with Crippen molar-refractivity contribution in [2.75, 3.05) is 0 Å². The van der Waals surface area contributed by atoms with Crippen molar-refractivity contribution >= 4 is 21.5 Å². The van der Waals surface area contributed by atoms with Gasteiger partial charge >= 0.3 is 0 Å². The Kier molecular flexibility index (Phi) is 3.44. The van der Waals surface area contributed by atoms with E-state index in [1.807, 2.05) is 6.07 Å². The number of hydrogen-bond donors (Lipinski definition) is 0. The van der Waals surface area contributed by atoms with Crippen LogP contribution < -0.4 is 0 Å². The Labute approximate surface area is 153 Å². The van der Waals surface area contributed by atoms with Crippen LogP contribution in [0, 0.1) is 11.8 Å². The van der Waals surface area contributed by atoms with Gasteiger partial charge in [0.05, 0.1) is 0 Å². The van der Waals surface area contributed by atoms with Gasteiger partial charge in [-0.25, -0.2) is 0 Å². The molecule has 2 aliphatic rings. The summed E-state index contributed by atoms with van der Waals surface area (Å²) in [6.45, 7) is 0. The Morgan fingerprint density at radius 3 is 1.62 bits per heavy atom. The quantitative estimate of drug-likeness (QED) is 0.225. The van der Waals surface area contributed by atoms with Crippen molar-refractivity contribution in [3.05, 3.63) is 108 Å². The lowest BCUT2D eigenvalue weighted by atomic mass is 9.97. The van der Waals surface area contributed by atoms with Gasteiger partial charge in [0.15, 0.2) is 0 Å². The second-order valence-corrected chi connectivity index (χ2v) is 6.51. The molecule has 2 aliphatic carbocycles. The van der Waals surface area contributed by atoms with E-state index in [4.69, 9.17) is 0 Å².